The number of carbonyl (C=O) groups is 1. The molecule has 0 aromatic rings. The van der Waals surface area contributed by atoms with Crippen molar-refractivity contribution in [3.8, 4) is 0 Å². The van der Waals surface area contributed by atoms with Crippen LogP contribution in [-0.2, 0) is 9.53 Å². The molecule has 0 rings (SSSR count). The summed E-state index contributed by atoms with van der Waals surface area (Å²) in [5.74, 6) is 1.17. The number of unbranched alkanes of at least 4 members (excludes halogenated alkanes) is 1. The van der Waals surface area contributed by atoms with Crippen molar-refractivity contribution in [3.63, 3.8) is 0 Å². The van der Waals surface area contributed by atoms with Gasteiger partial charge in [-0.3, -0.25) is 0 Å². The molecule has 0 spiro atoms. The molecule has 0 radical (unpaired) electrons. The lowest BCUT2D eigenvalue weighted by molar-refractivity contribution is -0.137. The summed E-state index contributed by atoms with van der Waals surface area (Å²) < 4.78 is 4.98. The van der Waals surface area contributed by atoms with Crippen LogP contribution >= 0.6 is 0 Å². The van der Waals surface area contributed by atoms with Crippen molar-refractivity contribution in [2.45, 2.75) is 60.3 Å². The third-order valence-corrected chi connectivity index (χ3v) is 3.34. The Morgan fingerprint density at radius 3 is 2.33 bits per heavy atom. The molecule has 0 aliphatic carbocycles. The number of esters is 1. The Kier molecular flexibility index (Phi) is 7.97. The maximum Gasteiger partial charge on any atom is 0.330 e. The summed E-state index contributed by atoms with van der Waals surface area (Å²) in [5.41, 5.74) is 0.363. The third-order valence-electron chi connectivity index (χ3n) is 3.34. The van der Waals surface area contributed by atoms with Crippen molar-refractivity contribution < 1.29 is 9.53 Å². The van der Waals surface area contributed by atoms with Gasteiger partial charge >= 0.3 is 5.97 Å². The van der Waals surface area contributed by atoms with Crippen LogP contribution in [0.25, 0.3) is 0 Å². The van der Waals surface area contributed by atoms with E-state index in [9.17, 15) is 4.79 Å². The summed E-state index contributed by atoms with van der Waals surface area (Å²) in [6, 6.07) is 0. The van der Waals surface area contributed by atoms with E-state index in [-0.39, 0.29) is 5.97 Å². The zero-order chi connectivity index (χ0) is 14.2. The van der Waals surface area contributed by atoms with E-state index < -0.39 is 0 Å². The van der Waals surface area contributed by atoms with Gasteiger partial charge in [0.2, 0.25) is 0 Å². The van der Waals surface area contributed by atoms with Gasteiger partial charge in [0, 0.05) is 6.08 Å². The minimum atomic E-state index is -0.315. The minimum Gasteiger partial charge on any atom is -0.463 e. The van der Waals surface area contributed by atoms with Gasteiger partial charge in [-0.05, 0) is 42.9 Å². The first-order valence-electron chi connectivity index (χ1n) is 7.06. The van der Waals surface area contributed by atoms with Gasteiger partial charge in [0.1, 0.15) is 0 Å². The molecule has 0 amide bonds. The highest BCUT2D eigenvalue weighted by molar-refractivity contribution is 5.81. The number of carbonyl (C=O) groups excluding carboxylic acids is 1. The second kappa shape index (κ2) is 8.34. The van der Waals surface area contributed by atoms with Crippen molar-refractivity contribution >= 4 is 5.97 Å². The van der Waals surface area contributed by atoms with E-state index >= 15 is 0 Å². The molecule has 0 N–H and O–H groups in total. The second-order valence-electron chi connectivity index (χ2n) is 6.56. The van der Waals surface area contributed by atoms with Gasteiger partial charge in [-0.25, -0.2) is 4.79 Å². The molecule has 2 heteroatoms. The van der Waals surface area contributed by atoms with Gasteiger partial charge in [0.25, 0.3) is 0 Å². The summed E-state index contributed by atoms with van der Waals surface area (Å²) in [7, 11) is 0. The Morgan fingerprint density at radius 2 is 1.89 bits per heavy atom. The molecule has 0 aromatic heterocycles. The van der Waals surface area contributed by atoms with E-state index in [2.05, 4.69) is 41.2 Å². The van der Waals surface area contributed by atoms with Crippen LogP contribution in [0.15, 0.2) is 12.7 Å². The van der Waals surface area contributed by atoms with Crippen LogP contribution in [-0.4, -0.2) is 12.6 Å². The largest absolute Gasteiger partial charge is 0.463 e. The highest BCUT2D eigenvalue weighted by atomic mass is 16.5. The Balaban J connectivity index is 3.90. The molecule has 0 aromatic carbocycles. The van der Waals surface area contributed by atoms with Gasteiger partial charge < -0.3 is 4.74 Å². The quantitative estimate of drug-likeness (QED) is 0.359. The SMILES string of the molecule is C=CC(=O)OCCCCC(CC(C)C)C(C)(C)C. The van der Waals surface area contributed by atoms with Gasteiger partial charge in [0.15, 0.2) is 0 Å². The topological polar surface area (TPSA) is 26.3 Å². The molecular formula is C16H30O2. The van der Waals surface area contributed by atoms with Gasteiger partial charge in [0.05, 0.1) is 6.61 Å². The van der Waals surface area contributed by atoms with Crippen molar-refractivity contribution in [1.82, 2.24) is 0 Å². The first-order valence-corrected chi connectivity index (χ1v) is 7.06. The van der Waals surface area contributed by atoms with E-state index in [1.54, 1.807) is 0 Å². The summed E-state index contributed by atoms with van der Waals surface area (Å²) in [4.78, 5) is 10.9. The van der Waals surface area contributed by atoms with Crippen molar-refractivity contribution in [3.05, 3.63) is 12.7 Å². The lowest BCUT2D eigenvalue weighted by Crippen LogP contribution is -2.22. The molecule has 1 atom stereocenters. The third kappa shape index (κ3) is 8.32. The van der Waals surface area contributed by atoms with Gasteiger partial charge in [-0.15, -0.1) is 0 Å². The first kappa shape index (κ1) is 17.2. The summed E-state index contributed by atoms with van der Waals surface area (Å²) in [6.07, 6.45) is 5.78. The Hall–Kier alpha value is -0.790. The fourth-order valence-corrected chi connectivity index (χ4v) is 2.20. The van der Waals surface area contributed by atoms with Crippen LogP contribution in [0.1, 0.15) is 60.3 Å². The van der Waals surface area contributed by atoms with Crippen molar-refractivity contribution in [2.75, 3.05) is 6.61 Å². The molecule has 0 aliphatic heterocycles. The highest BCUT2D eigenvalue weighted by Crippen LogP contribution is 2.34. The highest BCUT2D eigenvalue weighted by Gasteiger charge is 2.24. The predicted octanol–water partition coefficient (Wildman–Crippen LogP) is 4.59. The molecule has 0 heterocycles. The monoisotopic (exact) mass is 254 g/mol. The molecule has 18 heavy (non-hydrogen) atoms. The second-order valence-corrected chi connectivity index (χ2v) is 6.56. The number of ether oxygens (including phenoxy) is 1. The number of hydrogen-bond donors (Lipinski definition) is 0. The first-order chi connectivity index (χ1) is 8.27. The fourth-order valence-electron chi connectivity index (χ4n) is 2.20. The predicted molar refractivity (Wildman–Crippen MR) is 77.4 cm³/mol. The molecule has 106 valence electrons. The van der Waals surface area contributed by atoms with E-state index in [1.807, 2.05) is 0 Å². The normalized spacial score (nSPS) is 13.4. The smallest absolute Gasteiger partial charge is 0.330 e. The summed E-state index contributed by atoms with van der Waals surface area (Å²) in [6.45, 7) is 15.4. The van der Waals surface area contributed by atoms with Crippen molar-refractivity contribution in [2.24, 2.45) is 17.3 Å². The standard InChI is InChI=1S/C16H30O2/c1-7-15(17)18-11-9-8-10-14(12-13(2)3)16(4,5)6/h7,13-14H,1,8-12H2,2-6H3. The minimum absolute atomic E-state index is 0.315. The zero-order valence-corrected chi connectivity index (χ0v) is 12.8. The lowest BCUT2D eigenvalue weighted by atomic mass is 9.74. The maximum atomic E-state index is 10.9. The average Bonchev–Trinajstić information content (AvgIpc) is 2.24. The fraction of sp³-hybridized carbons (Fsp3) is 0.812. The van der Waals surface area contributed by atoms with E-state index in [0.29, 0.717) is 12.0 Å². The van der Waals surface area contributed by atoms with Gasteiger partial charge in [-0.2, -0.15) is 0 Å². The lowest BCUT2D eigenvalue weighted by Gasteiger charge is -2.32. The van der Waals surface area contributed by atoms with Crippen LogP contribution in [0.5, 0.6) is 0 Å². The number of rotatable bonds is 8. The Bertz CT molecular complexity index is 248. The van der Waals surface area contributed by atoms with Crippen LogP contribution in [0, 0.1) is 17.3 Å². The summed E-state index contributed by atoms with van der Waals surface area (Å²) in [5, 5.41) is 0. The molecule has 0 bridgehead atoms. The molecular weight excluding hydrogens is 224 g/mol. The molecule has 0 saturated carbocycles. The number of hydrogen-bond acceptors (Lipinski definition) is 2. The van der Waals surface area contributed by atoms with Crippen LogP contribution in [0.4, 0.5) is 0 Å². The molecule has 0 saturated heterocycles. The van der Waals surface area contributed by atoms with Gasteiger partial charge in [-0.1, -0.05) is 41.2 Å². The molecule has 0 aliphatic rings. The van der Waals surface area contributed by atoms with Crippen LogP contribution < -0.4 is 0 Å². The maximum absolute atomic E-state index is 10.9. The Labute approximate surface area is 113 Å². The van der Waals surface area contributed by atoms with E-state index in [1.165, 1.54) is 18.9 Å². The Morgan fingerprint density at radius 1 is 1.28 bits per heavy atom. The van der Waals surface area contributed by atoms with Crippen LogP contribution in [0.3, 0.4) is 0 Å². The average molecular weight is 254 g/mol. The van der Waals surface area contributed by atoms with Crippen molar-refractivity contribution in [1.29, 1.82) is 0 Å². The van der Waals surface area contributed by atoms with E-state index in [0.717, 1.165) is 24.7 Å². The van der Waals surface area contributed by atoms with E-state index in [4.69, 9.17) is 4.74 Å². The molecule has 1 unspecified atom stereocenters. The zero-order valence-electron chi connectivity index (χ0n) is 12.8. The van der Waals surface area contributed by atoms with Crippen LogP contribution in [0.2, 0.25) is 0 Å². The molecule has 2 nitrogen and oxygen atoms in total. The summed E-state index contributed by atoms with van der Waals surface area (Å²) >= 11 is 0. The molecule has 0 fully saturated rings.